The summed E-state index contributed by atoms with van der Waals surface area (Å²) in [6.45, 7) is 6.99. The molecule has 0 atom stereocenters. The number of anilines is 1. The van der Waals surface area contributed by atoms with Gasteiger partial charge in [0.1, 0.15) is 0 Å². The summed E-state index contributed by atoms with van der Waals surface area (Å²) in [4.78, 5) is 9.09. The van der Waals surface area contributed by atoms with E-state index in [1.165, 1.54) is 17.3 Å². The van der Waals surface area contributed by atoms with Crippen molar-refractivity contribution in [2.24, 2.45) is 0 Å². The quantitative estimate of drug-likeness (QED) is 0.561. The molecule has 3 aromatic rings. The van der Waals surface area contributed by atoms with Crippen molar-refractivity contribution in [2.75, 3.05) is 37.6 Å². The van der Waals surface area contributed by atoms with Gasteiger partial charge in [0.2, 0.25) is 11.7 Å². The summed E-state index contributed by atoms with van der Waals surface area (Å²) in [6, 6.07) is 13.5. The van der Waals surface area contributed by atoms with E-state index in [1.807, 2.05) is 0 Å². The van der Waals surface area contributed by atoms with E-state index in [0.29, 0.717) is 17.9 Å². The SMILES string of the molecule is Cc1cccc(N2CCN(CCCc3nc(-c4cccc(C(F)(F)F)c4)no3)CC2)c1. The van der Waals surface area contributed by atoms with Crippen LogP contribution in [-0.4, -0.2) is 47.8 Å². The Bertz CT molecular complexity index is 1010. The van der Waals surface area contributed by atoms with Gasteiger partial charge in [0.05, 0.1) is 5.56 Å². The van der Waals surface area contributed by atoms with Crippen molar-refractivity contribution in [3.63, 3.8) is 0 Å². The molecule has 2 aromatic carbocycles. The third-order valence-electron chi connectivity index (χ3n) is 5.52. The van der Waals surface area contributed by atoms with E-state index in [2.05, 4.69) is 51.1 Å². The van der Waals surface area contributed by atoms with Gasteiger partial charge in [-0.3, -0.25) is 4.90 Å². The van der Waals surface area contributed by atoms with E-state index in [-0.39, 0.29) is 5.82 Å². The first-order valence-corrected chi connectivity index (χ1v) is 10.4. The minimum absolute atomic E-state index is 0.188. The van der Waals surface area contributed by atoms with Crippen LogP contribution in [-0.2, 0) is 12.6 Å². The molecule has 1 aromatic heterocycles. The third-order valence-corrected chi connectivity index (χ3v) is 5.52. The maximum absolute atomic E-state index is 12.9. The number of hydrogen-bond donors (Lipinski definition) is 0. The highest BCUT2D eigenvalue weighted by Gasteiger charge is 2.30. The van der Waals surface area contributed by atoms with E-state index in [4.69, 9.17) is 4.52 Å². The molecule has 1 aliphatic heterocycles. The third kappa shape index (κ3) is 5.44. The molecule has 164 valence electrons. The largest absolute Gasteiger partial charge is 0.416 e. The van der Waals surface area contributed by atoms with Gasteiger partial charge >= 0.3 is 6.18 Å². The highest BCUT2D eigenvalue weighted by Crippen LogP contribution is 2.31. The minimum Gasteiger partial charge on any atom is -0.369 e. The molecule has 0 saturated carbocycles. The average Bonchev–Trinajstić information content (AvgIpc) is 3.23. The molecule has 31 heavy (non-hydrogen) atoms. The molecule has 5 nitrogen and oxygen atoms in total. The number of rotatable bonds is 6. The summed E-state index contributed by atoms with van der Waals surface area (Å²) < 4.78 is 43.9. The molecule has 8 heteroatoms. The molecule has 0 amide bonds. The van der Waals surface area contributed by atoms with Crippen molar-refractivity contribution in [3.05, 3.63) is 65.5 Å². The van der Waals surface area contributed by atoms with Crippen LogP contribution in [0.2, 0.25) is 0 Å². The van der Waals surface area contributed by atoms with Crippen LogP contribution in [0.3, 0.4) is 0 Å². The Balaban J connectivity index is 1.26. The number of aromatic nitrogens is 2. The summed E-state index contributed by atoms with van der Waals surface area (Å²) in [5.74, 6) is 0.638. The Kier molecular flexibility index (Phi) is 6.27. The lowest BCUT2D eigenvalue weighted by Crippen LogP contribution is -2.46. The number of halogens is 3. The second-order valence-corrected chi connectivity index (χ2v) is 7.86. The smallest absolute Gasteiger partial charge is 0.369 e. The first-order chi connectivity index (χ1) is 14.9. The van der Waals surface area contributed by atoms with Crippen LogP contribution >= 0.6 is 0 Å². The van der Waals surface area contributed by atoms with Crippen LogP contribution in [0.1, 0.15) is 23.4 Å². The van der Waals surface area contributed by atoms with Gasteiger partial charge in [0, 0.05) is 43.9 Å². The molecule has 2 heterocycles. The zero-order valence-electron chi connectivity index (χ0n) is 17.4. The Hall–Kier alpha value is -2.87. The second kappa shape index (κ2) is 9.09. The molecule has 0 unspecified atom stereocenters. The fourth-order valence-electron chi connectivity index (χ4n) is 3.82. The Labute approximate surface area is 179 Å². The molecule has 4 rings (SSSR count). The van der Waals surface area contributed by atoms with Crippen LogP contribution in [0.4, 0.5) is 18.9 Å². The van der Waals surface area contributed by atoms with Gasteiger partial charge in [-0.15, -0.1) is 0 Å². The van der Waals surface area contributed by atoms with Gasteiger partial charge in [-0.1, -0.05) is 29.4 Å². The zero-order chi connectivity index (χ0) is 21.8. The average molecular weight is 430 g/mol. The molecule has 0 aliphatic carbocycles. The lowest BCUT2D eigenvalue weighted by molar-refractivity contribution is -0.137. The molecule has 0 spiro atoms. The number of alkyl halides is 3. The van der Waals surface area contributed by atoms with E-state index >= 15 is 0 Å². The summed E-state index contributed by atoms with van der Waals surface area (Å²) in [5.41, 5.74) is 2.12. The predicted octanol–water partition coefficient (Wildman–Crippen LogP) is 4.82. The molecular formula is C23H25F3N4O. The highest BCUT2D eigenvalue weighted by atomic mass is 19.4. The fourth-order valence-corrected chi connectivity index (χ4v) is 3.82. The molecule has 1 saturated heterocycles. The van der Waals surface area contributed by atoms with Gasteiger partial charge in [0.25, 0.3) is 0 Å². The molecule has 0 N–H and O–H groups in total. The van der Waals surface area contributed by atoms with Crippen molar-refractivity contribution >= 4 is 5.69 Å². The number of hydrogen-bond acceptors (Lipinski definition) is 5. The van der Waals surface area contributed by atoms with Crippen molar-refractivity contribution in [1.82, 2.24) is 15.0 Å². The van der Waals surface area contributed by atoms with Crippen LogP contribution in [0, 0.1) is 6.92 Å². The van der Waals surface area contributed by atoms with Gasteiger partial charge in [-0.2, -0.15) is 18.2 Å². The summed E-state index contributed by atoms with van der Waals surface area (Å²) in [7, 11) is 0. The number of benzene rings is 2. The lowest BCUT2D eigenvalue weighted by atomic mass is 10.1. The van der Waals surface area contributed by atoms with Gasteiger partial charge < -0.3 is 9.42 Å². The van der Waals surface area contributed by atoms with Crippen LogP contribution in [0.15, 0.2) is 53.1 Å². The Morgan fingerprint density at radius 2 is 1.77 bits per heavy atom. The predicted molar refractivity (Wildman–Crippen MR) is 113 cm³/mol. The van der Waals surface area contributed by atoms with E-state index in [9.17, 15) is 13.2 Å². The van der Waals surface area contributed by atoms with E-state index in [1.54, 1.807) is 6.07 Å². The molecule has 1 aliphatic rings. The normalized spacial score (nSPS) is 15.4. The zero-order valence-corrected chi connectivity index (χ0v) is 17.4. The monoisotopic (exact) mass is 430 g/mol. The van der Waals surface area contributed by atoms with Crippen LogP contribution in [0.25, 0.3) is 11.4 Å². The van der Waals surface area contributed by atoms with Gasteiger partial charge in [-0.05, 0) is 49.7 Å². The molecular weight excluding hydrogens is 405 g/mol. The lowest BCUT2D eigenvalue weighted by Gasteiger charge is -2.36. The van der Waals surface area contributed by atoms with Crippen molar-refractivity contribution in [2.45, 2.75) is 25.9 Å². The standard InChI is InChI=1S/C23H25F3N4O/c1-17-5-2-8-20(15-17)30-13-11-29(12-14-30)10-4-9-21-27-22(28-31-21)18-6-3-7-19(16-18)23(24,25)26/h2-3,5-8,15-16H,4,9-14H2,1H3. The number of piperazine rings is 1. The Morgan fingerprint density at radius 1 is 1.00 bits per heavy atom. The van der Waals surface area contributed by atoms with Crippen molar-refractivity contribution in [3.8, 4) is 11.4 Å². The summed E-state index contributed by atoms with van der Waals surface area (Å²) in [5, 5.41) is 3.85. The number of nitrogens with zero attached hydrogens (tertiary/aromatic N) is 4. The topological polar surface area (TPSA) is 45.4 Å². The number of aryl methyl sites for hydroxylation is 2. The first-order valence-electron chi connectivity index (χ1n) is 10.4. The van der Waals surface area contributed by atoms with Crippen molar-refractivity contribution < 1.29 is 17.7 Å². The van der Waals surface area contributed by atoms with Crippen molar-refractivity contribution in [1.29, 1.82) is 0 Å². The maximum atomic E-state index is 12.9. The molecule has 1 fully saturated rings. The minimum atomic E-state index is -4.40. The van der Waals surface area contributed by atoms with E-state index < -0.39 is 11.7 Å². The van der Waals surface area contributed by atoms with E-state index in [0.717, 1.165) is 51.3 Å². The Morgan fingerprint density at radius 3 is 2.52 bits per heavy atom. The second-order valence-electron chi connectivity index (χ2n) is 7.86. The van der Waals surface area contributed by atoms with Gasteiger partial charge in [-0.25, -0.2) is 0 Å². The summed E-state index contributed by atoms with van der Waals surface area (Å²) in [6.07, 6.45) is -2.94. The molecule has 0 bridgehead atoms. The molecule has 0 radical (unpaired) electrons. The fraction of sp³-hybridized carbons (Fsp3) is 0.391. The van der Waals surface area contributed by atoms with Crippen LogP contribution in [0.5, 0.6) is 0 Å². The van der Waals surface area contributed by atoms with Crippen LogP contribution < -0.4 is 4.90 Å². The van der Waals surface area contributed by atoms with Gasteiger partial charge in [0.15, 0.2) is 0 Å². The maximum Gasteiger partial charge on any atom is 0.416 e. The summed E-state index contributed by atoms with van der Waals surface area (Å²) >= 11 is 0. The highest BCUT2D eigenvalue weighted by molar-refractivity contribution is 5.55. The first kappa shape index (κ1) is 21.4.